The van der Waals surface area contributed by atoms with Crippen molar-refractivity contribution in [1.29, 1.82) is 0 Å². The van der Waals surface area contributed by atoms with Crippen molar-refractivity contribution in [2.24, 2.45) is 0 Å². The number of anilines is 1. The Hall–Kier alpha value is -2.44. The minimum atomic E-state index is -4.38. The Labute approximate surface area is 131 Å². The number of nitrogens with zero attached hydrogens (tertiary/aromatic N) is 1. The van der Waals surface area contributed by atoms with Gasteiger partial charge in [0, 0.05) is 24.1 Å². The molecule has 1 aliphatic heterocycles. The molecule has 23 heavy (non-hydrogen) atoms. The standard InChI is InChI=1S/C16H16F3N3O/c17-16(18,19)11-5-7-12(8-6-11)21-15(23)22-10-2-4-14(22)13-3-1-9-20-13/h1,3,5-9,14,20H,2,4,10H2,(H,21,23)/t14-/m0/s1. The summed E-state index contributed by atoms with van der Waals surface area (Å²) in [5, 5.41) is 2.66. The van der Waals surface area contributed by atoms with Crippen LogP contribution in [-0.2, 0) is 6.18 Å². The zero-order valence-electron chi connectivity index (χ0n) is 12.2. The fraction of sp³-hybridized carbons (Fsp3) is 0.312. The zero-order chi connectivity index (χ0) is 16.4. The molecule has 0 bridgehead atoms. The molecule has 1 aromatic carbocycles. The second-order valence-corrected chi connectivity index (χ2v) is 5.48. The number of nitrogens with one attached hydrogen (secondary N) is 2. The van der Waals surface area contributed by atoms with Crippen LogP contribution in [0.1, 0.15) is 30.1 Å². The van der Waals surface area contributed by atoms with Gasteiger partial charge in [0.1, 0.15) is 0 Å². The lowest BCUT2D eigenvalue weighted by Crippen LogP contribution is -2.34. The molecule has 1 saturated heterocycles. The molecule has 4 nitrogen and oxygen atoms in total. The number of hydrogen-bond acceptors (Lipinski definition) is 1. The van der Waals surface area contributed by atoms with Gasteiger partial charge in [0.05, 0.1) is 11.6 Å². The van der Waals surface area contributed by atoms with Gasteiger partial charge in [0.15, 0.2) is 0 Å². The van der Waals surface area contributed by atoms with E-state index in [0.29, 0.717) is 12.2 Å². The predicted octanol–water partition coefficient (Wildman–Crippen LogP) is 4.40. The summed E-state index contributed by atoms with van der Waals surface area (Å²) in [6.45, 7) is 0.621. The van der Waals surface area contributed by atoms with Crippen molar-refractivity contribution in [3.8, 4) is 0 Å². The maximum atomic E-state index is 12.5. The summed E-state index contributed by atoms with van der Waals surface area (Å²) in [6.07, 6.45) is -0.819. The Morgan fingerprint density at radius 1 is 1.22 bits per heavy atom. The highest BCUT2D eigenvalue weighted by Crippen LogP contribution is 2.32. The van der Waals surface area contributed by atoms with E-state index in [0.717, 1.165) is 30.7 Å². The number of urea groups is 1. The number of rotatable bonds is 2. The highest BCUT2D eigenvalue weighted by Gasteiger charge is 2.32. The molecule has 1 aliphatic rings. The molecule has 1 fully saturated rings. The number of benzene rings is 1. The number of aromatic nitrogens is 1. The smallest absolute Gasteiger partial charge is 0.363 e. The lowest BCUT2D eigenvalue weighted by Gasteiger charge is -2.24. The van der Waals surface area contributed by atoms with E-state index in [1.165, 1.54) is 12.1 Å². The third kappa shape index (κ3) is 3.33. The molecule has 2 aromatic rings. The summed E-state index contributed by atoms with van der Waals surface area (Å²) in [5.74, 6) is 0. The van der Waals surface area contributed by atoms with Crippen LogP contribution < -0.4 is 5.32 Å². The van der Waals surface area contributed by atoms with Crippen molar-refractivity contribution in [2.75, 3.05) is 11.9 Å². The van der Waals surface area contributed by atoms with E-state index >= 15 is 0 Å². The van der Waals surface area contributed by atoms with Crippen LogP contribution in [0, 0.1) is 0 Å². The van der Waals surface area contributed by atoms with Gasteiger partial charge in [-0.2, -0.15) is 13.2 Å². The van der Waals surface area contributed by atoms with Gasteiger partial charge in [-0.05, 0) is 49.2 Å². The van der Waals surface area contributed by atoms with Crippen LogP contribution in [0.3, 0.4) is 0 Å². The van der Waals surface area contributed by atoms with E-state index in [1.807, 2.05) is 12.1 Å². The quantitative estimate of drug-likeness (QED) is 0.845. The second-order valence-electron chi connectivity index (χ2n) is 5.48. The summed E-state index contributed by atoms with van der Waals surface area (Å²) < 4.78 is 37.6. The van der Waals surface area contributed by atoms with Crippen LogP contribution in [-0.4, -0.2) is 22.5 Å². The van der Waals surface area contributed by atoms with Crippen LogP contribution in [0.4, 0.5) is 23.7 Å². The number of amides is 2. The van der Waals surface area contributed by atoms with E-state index in [9.17, 15) is 18.0 Å². The number of hydrogen-bond donors (Lipinski definition) is 2. The summed E-state index contributed by atoms with van der Waals surface area (Å²) in [6, 6.07) is 7.92. The molecule has 0 unspecified atom stereocenters. The number of carbonyl (C=O) groups is 1. The molecule has 0 saturated carbocycles. The van der Waals surface area contributed by atoms with Crippen LogP contribution in [0.2, 0.25) is 0 Å². The Morgan fingerprint density at radius 3 is 2.57 bits per heavy atom. The van der Waals surface area contributed by atoms with Gasteiger partial charge >= 0.3 is 12.2 Å². The molecule has 0 aliphatic carbocycles. The van der Waals surface area contributed by atoms with E-state index in [2.05, 4.69) is 10.3 Å². The summed E-state index contributed by atoms with van der Waals surface area (Å²) in [4.78, 5) is 17.2. The van der Waals surface area contributed by atoms with Crippen molar-refractivity contribution < 1.29 is 18.0 Å². The van der Waals surface area contributed by atoms with E-state index in [-0.39, 0.29) is 12.1 Å². The molecule has 0 radical (unpaired) electrons. The number of halogens is 3. The number of alkyl halides is 3. The van der Waals surface area contributed by atoms with Gasteiger partial charge in [-0.3, -0.25) is 0 Å². The second kappa shape index (κ2) is 5.98. The van der Waals surface area contributed by atoms with E-state index < -0.39 is 11.7 Å². The minimum Gasteiger partial charge on any atom is -0.363 e. The zero-order valence-corrected chi connectivity index (χ0v) is 12.2. The monoisotopic (exact) mass is 323 g/mol. The normalized spacial score (nSPS) is 18.2. The third-order valence-corrected chi connectivity index (χ3v) is 3.96. The fourth-order valence-electron chi connectivity index (χ4n) is 2.82. The maximum absolute atomic E-state index is 12.5. The van der Waals surface area contributed by atoms with Crippen LogP contribution >= 0.6 is 0 Å². The molecule has 1 aromatic heterocycles. The summed E-state index contributed by atoms with van der Waals surface area (Å²) in [5.41, 5.74) is 0.575. The fourth-order valence-corrected chi connectivity index (χ4v) is 2.82. The van der Waals surface area contributed by atoms with Crippen LogP contribution in [0.25, 0.3) is 0 Å². The predicted molar refractivity (Wildman–Crippen MR) is 79.9 cm³/mol. The van der Waals surface area contributed by atoms with Gasteiger partial charge in [0.2, 0.25) is 0 Å². The SMILES string of the molecule is O=C(Nc1ccc(C(F)(F)F)cc1)N1CCC[C@H]1c1ccc[nH]1. The minimum absolute atomic E-state index is 0.0283. The summed E-state index contributed by atoms with van der Waals surface area (Å²) >= 11 is 0. The van der Waals surface area contributed by atoms with E-state index in [4.69, 9.17) is 0 Å². The summed E-state index contributed by atoms with van der Waals surface area (Å²) in [7, 11) is 0. The van der Waals surface area contributed by atoms with Crippen molar-refractivity contribution in [3.05, 3.63) is 53.9 Å². The highest BCUT2D eigenvalue weighted by atomic mass is 19.4. The third-order valence-electron chi connectivity index (χ3n) is 3.96. The Bertz CT molecular complexity index is 665. The van der Waals surface area contributed by atoms with E-state index in [1.54, 1.807) is 11.1 Å². The number of H-pyrrole nitrogens is 1. The molecule has 0 spiro atoms. The van der Waals surface area contributed by atoms with Gasteiger partial charge in [-0.25, -0.2) is 4.79 Å². The van der Waals surface area contributed by atoms with Gasteiger partial charge < -0.3 is 15.2 Å². The molecular weight excluding hydrogens is 307 g/mol. The molecule has 122 valence electrons. The van der Waals surface area contributed by atoms with Crippen molar-refractivity contribution in [1.82, 2.24) is 9.88 Å². The number of likely N-dealkylation sites (tertiary alicyclic amines) is 1. The van der Waals surface area contributed by atoms with Crippen LogP contribution in [0.15, 0.2) is 42.6 Å². The van der Waals surface area contributed by atoms with Crippen molar-refractivity contribution in [2.45, 2.75) is 25.1 Å². The molecule has 2 amide bonds. The first-order chi connectivity index (χ1) is 10.9. The first kappa shape index (κ1) is 15.5. The Kier molecular flexibility index (Phi) is 4.02. The number of carbonyl (C=O) groups excluding carboxylic acids is 1. The lowest BCUT2D eigenvalue weighted by atomic mass is 10.1. The largest absolute Gasteiger partial charge is 0.416 e. The molecule has 2 N–H and O–H groups in total. The average molecular weight is 323 g/mol. The molecule has 3 rings (SSSR count). The van der Waals surface area contributed by atoms with Gasteiger partial charge in [0.25, 0.3) is 0 Å². The number of aromatic amines is 1. The first-order valence-electron chi connectivity index (χ1n) is 7.33. The van der Waals surface area contributed by atoms with Crippen molar-refractivity contribution in [3.63, 3.8) is 0 Å². The van der Waals surface area contributed by atoms with Gasteiger partial charge in [-0.15, -0.1) is 0 Å². The molecular formula is C16H16F3N3O. The Morgan fingerprint density at radius 2 is 1.96 bits per heavy atom. The highest BCUT2D eigenvalue weighted by molar-refractivity contribution is 5.89. The molecule has 7 heteroatoms. The first-order valence-corrected chi connectivity index (χ1v) is 7.33. The van der Waals surface area contributed by atoms with Crippen LogP contribution in [0.5, 0.6) is 0 Å². The van der Waals surface area contributed by atoms with Gasteiger partial charge in [-0.1, -0.05) is 0 Å². The van der Waals surface area contributed by atoms with Crippen molar-refractivity contribution >= 4 is 11.7 Å². The topological polar surface area (TPSA) is 48.1 Å². The maximum Gasteiger partial charge on any atom is 0.416 e. The molecule has 2 heterocycles. The lowest BCUT2D eigenvalue weighted by molar-refractivity contribution is -0.137. The molecule has 1 atom stereocenters. The average Bonchev–Trinajstić information content (AvgIpc) is 3.17. The Balaban J connectivity index is 1.69.